The number of furan rings is 1. The lowest BCUT2D eigenvalue weighted by atomic mass is 10.1. The van der Waals surface area contributed by atoms with Gasteiger partial charge in [-0.3, -0.25) is 4.79 Å². The zero-order valence-corrected chi connectivity index (χ0v) is 17.0. The van der Waals surface area contributed by atoms with Gasteiger partial charge in [-0.25, -0.2) is 0 Å². The van der Waals surface area contributed by atoms with Crippen LogP contribution in [-0.2, 0) is 17.7 Å². The first-order valence-corrected chi connectivity index (χ1v) is 10.3. The first-order chi connectivity index (χ1) is 14.2. The number of amides is 1. The summed E-state index contributed by atoms with van der Waals surface area (Å²) in [4.78, 5) is 14.9. The zero-order valence-electron chi connectivity index (χ0n) is 17.0. The van der Waals surface area contributed by atoms with Crippen LogP contribution in [0.5, 0.6) is 5.75 Å². The fraction of sp³-hybridized carbons (Fsp3) is 0.375. The Kier molecular flexibility index (Phi) is 5.86. The lowest BCUT2D eigenvalue weighted by Gasteiger charge is -2.20. The quantitative estimate of drug-likeness (QED) is 0.577. The predicted molar refractivity (Wildman–Crippen MR) is 112 cm³/mol. The van der Waals surface area contributed by atoms with Gasteiger partial charge in [0.15, 0.2) is 0 Å². The van der Waals surface area contributed by atoms with Crippen LogP contribution in [0, 0.1) is 0 Å². The highest BCUT2D eigenvalue weighted by atomic mass is 16.5. The molecule has 0 radical (unpaired) electrons. The van der Waals surface area contributed by atoms with Crippen LogP contribution in [0.15, 0.2) is 52.9 Å². The molecule has 3 aromatic rings. The Labute approximate surface area is 171 Å². The highest BCUT2D eigenvalue weighted by Crippen LogP contribution is 2.28. The van der Waals surface area contributed by atoms with Crippen molar-refractivity contribution >= 4 is 16.9 Å². The van der Waals surface area contributed by atoms with E-state index < -0.39 is 0 Å². The average molecular weight is 393 g/mol. The summed E-state index contributed by atoms with van der Waals surface area (Å²) in [6.07, 6.45) is 2.96. The summed E-state index contributed by atoms with van der Waals surface area (Å²) >= 11 is 0. The van der Waals surface area contributed by atoms with Gasteiger partial charge in [-0.05, 0) is 31.0 Å². The van der Waals surface area contributed by atoms with Gasteiger partial charge in [0, 0.05) is 37.6 Å². The molecule has 0 spiro atoms. The van der Waals surface area contributed by atoms with Gasteiger partial charge in [-0.2, -0.15) is 0 Å². The summed E-state index contributed by atoms with van der Waals surface area (Å²) in [6.45, 7) is 3.81. The van der Waals surface area contributed by atoms with Gasteiger partial charge in [0.2, 0.25) is 0 Å². The van der Waals surface area contributed by atoms with Gasteiger partial charge < -0.3 is 18.8 Å². The Morgan fingerprint density at radius 2 is 1.97 bits per heavy atom. The van der Waals surface area contributed by atoms with E-state index in [9.17, 15) is 4.79 Å². The molecule has 4 rings (SSSR count). The smallest absolute Gasteiger partial charge is 0.257 e. The second-order valence-corrected chi connectivity index (χ2v) is 7.46. The summed E-state index contributed by atoms with van der Waals surface area (Å²) in [5, 5.41) is 1.06. The minimum Gasteiger partial charge on any atom is -0.490 e. The first kappa shape index (κ1) is 19.5. The third-order valence-electron chi connectivity index (χ3n) is 5.41. The second kappa shape index (κ2) is 8.70. The van der Waals surface area contributed by atoms with Crippen molar-refractivity contribution in [1.82, 2.24) is 4.90 Å². The molecular formula is C24H27NO4. The third-order valence-corrected chi connectivity index (χ3v) is 5.41. The number of fused-ring (bicyclic) bond motifs is 1. The van der Waals surface area contributed by atoms with Crippen LogP contribution < -0.4 is 4.74 Å². The van der Waals surface area contributed by atoms with Crippen LogP contribution in [0.25, 0.3) is 11.0 Å². The molecule has 0 aliphatic carbocycles. The lowest BCUT2D eigenvalue weighted by Crippen LogP contribution is -2.27. The maximum atomic E-state index is 13.2. The maximum Gasteiger partial charge on any atom is 0.257 e. The Morgan fingerprint density at radius 1 is 1.17 bits per heavy atom. The molecule has 1 aliphatic rings. The number of benzene rings is 2. The van der Waals surface area contributed by atoms with Crippen LogP contribution >= 0.6 is 0 Å². The van der Waals surface area contributed by atoms with Crippen molar-refractivity contribution in [3.63, 3.8) is 0 Å². The lowest BCUT2D eigenvalue weighted by molar-refractivity contribution is 0.0656. The minimum absolute atomic E-state index is 0.0692. The normalized spacial score (nSPS) is 16.3. The van der Waals surface area contributed by atoms with E-state index in [0.29, 0.717) is 24.5 Å². The molecule has 29 heavy (non-hydrogen) atoms. The fourth-order valence-electron chi connectivity index (χ4n) is 3.85. The van der Waals surface area contributed by atoms with Gasteiger partial charge in [-0.15, -0.1) is 0 Å². The number of para-hydroxylation sites is 2. The van der Waals surface area contributed by atoms with Crippen LogP contribution in [-0.4, -0.2) is 37.2 Å². The van der Waals surface area contributed by atoms with Crippen molar-refractivity contribution in [2.75, 3.05) is 20.3 Å². The molecule has 152 valence electrons. The van der Waals surface area contributed by atoms with Crippen molar-refractivity contribution in [1.29, 1.82) is 0 Å². The molecule has 0 saturated carbocycles. The number of nitrogens with zero attached hydrogens (tertiary/aromatic N) is 1. The summed E-state index contributed by atoms with van der Waals surface area (Å²) in [7, 11) is 1.82. The number of rotatable bonds is 7. The molecule has 1 atom stereocenters. The largest absolute Gasteiger partial charge is 0.490 e. The summed E-state index contributed by atoms with van der Waals surface area (Å²) < 4.78 is 17.6. The topological polar surface area (TPSA) is 51.9 Å². The molecule has 1 unspecified atom stereocenters. The molecule has 0 N–H and O–H groups in total. The van der Waals surface area contributed by atoms with Crippen molar-refractivity contribution in [3.8, 4) is 5.75 Å². The maximum absolute atomic E-state index is 13.2. The van der Waals surface area contributed by atoms with Crippen LogP contribution in [0.1, 0.15) is 41.4 Å². The van der Waals surface area contributed by atoms with E-state index in [1.165, 1.54) is 0 Å². The van der Waals surface area contributed by atoms with Crippen LogP contribution in [0.4, 0.5) is 0 Å². The number of hydrogen-bond acceptors (Lipinski definition) is 4. The molecule has 5 heteroatoms. The van der Waals surface area contributed by atoms with Gasteiger partial charge in [-0.1, -0.05) is 37.3 Å². The average Bonchev–Trinajstić information content (AvgIpc) is 3.40. The summed E-state index contributed by atoms with van der Waals surface area (Å²) in [6, 6.07) is 15.4. The van der Waals surface area contributed by atoms with Gasteiger partial charge in [0.05, 0.1) is 11.7 Å². The van der Waals surface area contributed by atoms with Crippen molar-refractivity contribution in [3.05, 3.63) is 65.4 Å². The standard InChI is InChI=1S/C24H27NO4/c1-3-21-20(18-10-4-7-13-23(18)29-21)15-25(2)24(26)19-11-5-6-12-22(19)28-16-17-9-8-14-27-17/h4-7,10-13,17H,3,8-9,14-16H2,1-2H3. The molecule has 2 aromatic carbocycles. The molecule has 1 aliphatic heterocycles. The van der Waals surface area contributed by atoms with E-state index in [-0.39, 0.29) is 12.0 Å². The van der Waals surface area contributed by atoms with E-state index >= 15 is 0 Å². The van der Waals surface area contributed by atoms with E-state index in [1.807, 2.05) is 55.6 Å². The molecule has 5 nitrogen and oxygen atoms in total. The van der Waals surface area contributed by atoms with Crippen molar-refractivity contribution in [2.45, 2.75) is 38.8 Å². The van der Waals surface area contributed by atoms with E-state index in [4.69, 9.17) is 13.9 Å². The monoisotopic (exact) mass is 393 g/mol. The van der Waals surface area contributed by atoms with Crippen molar-refractivity contribution < 1.29 is 18.7 Å². The number of carbonyl (C=O) groups excluding carboxylic acids is 1. The van der Waals surface area contributed by atoms with E-state index in [2.05, 4.69) is 6.92 Å². The Hall–Kier alpha value is -2.79. The highest BCUT2D eigenvalue weighted by molar-refractivity contribution is 5.97. The molecule has 1 aromatic heterocycles. The minimum atomic E-state index is -0.0692. The summed E-state index contributed by atoms with van der Waals surface area (Å²) in [5.74, 6) is 1.46. The Bertz CT molecular complexity index is 987. The highest BCUT2D eigenvalue weighted by Gasteiger charge is 2.22. The molecule has 1 fully saturated rings. The van der Waals surface area contributed by atoms with Gasteiger partial charge in [0.25, 0.3) is 5.91 Å². The third kappa shape index (κ3) is 4.15. The summed E-state index contributed by atoms with van der Waals surface area (Å²) in [5.41, 5.74) is 2.50. The second-order valence-electron chi connectivity index (χ2n) is 7.46. The predicted octanol–water partition coefficient (Wildman–Crippen LogP) is 4.83. The van der Waals surface area contributed by atoms with E-state index in [1.54, 1.807) is 4.90 Å². The molecule has 0 bridgehead atoms. The zero-order chi connectivity index (χ0) is 20.2. The molecule has 1 amide bonds. The Morgan fingerprint density at radius 3 is 2.76 bits per heavy atom. The Balaban J connectivity index is 1.53. The molecular weight excluding hydrogens is 366 g/mol. The first-order valence-electron chi connectivity index (χ1n) is 10.3. The number of aryl methyl sites for hydroxylation is 1. The molecule has 2 heterocycles. The number of carbonyl (C=O) groups is 1. The van der Waals surface area contributed by atoms with Gasteiger partial charge >= 0.3 is 0 Å². The molecule has 1 saturated heterocycles. The fourth-order valence-corrected chi connectivity index (χ4v) is 3.85. The SMILES string of the molecule is CCc1oc2ccccc2c1CN(C)C(=O)c1ccccc1OCC1CCCO1. The van der Waals surface area contributed by atoms with Crippen LogP contribution in [0.2, 0.25) is 0 Å². The van der Waals surface area contributed by atoms with Crippen LogP contribution in [0.3, 0.4) is 0 Å². The van der Waals surface area contributed by atoms with Crippen molar-refractivity contribution in [2.24, 2.45) is 0 Å². The number of ether oxygens (including phenoxy) is 2. The number of hydrogen-bond donors (Lipinski definition) is 0. The van der Waals surface area contributed by atoms with E-state index in [0.717, 1.165) is 48.2 Å². The van der Waals surface area contributed by atoms with Gasteiger partial charge in [0.1, 0.15) is 23.7 Å².